The van der Waals surface area contributed by atoms with Gasteiger partial charge in [0.15, 0.2) is 0 Å². The van der Waals surface area contributed by atoms with Crippen LogP contribution in [-0.2, 0) is 9.53 Å². The van der Waals surface area contributed by atoms with E-state index in [2.05, 4.69) is 29.0 Å². The fourth-order valence-electron chi connectivity index (χ4n) is 3.99. The van der Waals surface area contributed by atoms with Gasteiger partial charge in [-0.2, -0.15) is 0 Å². The Morgan fingerprint density at radius 2 is 1.93 bits per heavy atom. The topological polar surface area (TPSA) is 83.7 Å². The Balaban J connectivity index is 1.84. The quantitative estimate of drug-likeness (QED) is 0.788. The number of hydrogen-bond donors (Lipinski definition) is 2. The van der Waals surface area contributed by atoms with E-state index in [0.717, 1.165) is 18.5 Å². The van der Waals surface area contributed by atoms with Gasteiger partial charge in [-0.3, -0.25) is 9.69 Å². The van der Waals surface area contributed by atoms with Gasteiger partial charge >= 0.3 is 5.97 Å². The molecule has 0 bridgehead atoms. The Morgan fingerprint density at radius 1 is 1.22 bits per heavy atom. The van der Waals surface area contributed by atoms with Gasteiger partial charge in [-0.15, -0.1) is 0 Å². The molecule has 1 aromatic heterocycles. The molecule has 1 aliphatic heterocycles. The molecule has 1 aliphatic rings. The molecule has 2 heterocycles. The highest BCUT2D eigenvalue weighted by Gasteiger charge is 2.25. The van der Waals surface area contributed by atoms with Crippen molar-refractivity contribution in [2.24, 2.45) is 11.8 Å². The Hall–Kier alpha value is -2.54. The van der Waals surface area contributed by atoms with E-state index in [9.17, 15) is 9.59 Å². The van der Waals surface area contributed by atoms with Crippen molar-refractivity contribution < 1.29 is 19.1 Å². The molecule has 2 N–H and O–H groups in total. The predicted molar refractivity (Wildman–Crippen MR) is 104 cm³/mol. The molecule has 0 aliphatic carbocycles. The molecule has 1 amide bonds. The zero-order valence-corrected chi connectivity index (χ0v) is 16.3. The standard InChI is InChI=1S/C20H27N3O4/c1-12-7-13(2)10-23(9-12)11-17(24)22-18-15-6-5-14(26-3)8-16(15)21-19(18)20(25)27-4/h5-6,8,12-13,21H,7,9-11H2,1-4H3,(H,22,24). The normalized spacial score (nSPS) is 20.4. The van der Waals surface area contributed by atoms with Crippen molar-refractivity contribution in [1.82, 2.24) is 9.88 Å². The van der Waals surface area contributed by atoms with Gasteiger partial charge in [0.2, 0.25) is 5.91 Å². The zero-order chi connectivity index (χ0) is 19.6. The number of nitrogens with zero attached hydrogens (tertiary/aromatic N) is 1. The van der Waals surface area contributed by atoms with E-state index in [4.69, 9.17) is 9.47 Å². The number of esters is 1. The summed E-state index contributed by atoms with van der Waals surface area (Å²) in [7, 11) is 2.89. The average molecular weight is 373 g/mol. The number of aromatic nitrogens is 1. The summed E-state index contributed by atoms with van der Waals surface area (Å²) in [5, 5.41) is 3.65. The number of hydrogen-bond acceptors (Lipinski definition) is 5. The SMILES string of the molecule is COC(=O)c1[nH]c2cc(OC)ccc2c1NC(=O)CN1CC(C)CC(C)C1. The van der Waals surface area contributed by atoms with Crippen LogP contribution in [0.2, 0.25) is 0 Å². The second-order valence-electron chi connectivity index (χ2n) is 7.47. The van der Waals surface area contributed by atoms with Gasteiger partial charge in [0.25, 0.3) is 0 Å². The van der Waals surface area contributed by atoms with Gasteiger partial charge in [0, 0.05) is 24.5 Å². The van der Waals surface area contributed by atoms with E-state index in [1.54, 1.807) is 19.2 Å². The third-order valence-electron chi connectivity index (χ3n) is 4.97. The predicted octanol–water partition coefficient (Wildman–Crippen LogP) is 2.88. The number of fused-ring (bicyclic) bond motifs is 1. The zero-order valence-electron chi connectivity index (χ0n) is 16.3. The molecule has 27 heavy (non-hydrogen) atoms. The first kappa shape index (κ1) is 19.2. The molecule has 2 unspecified atom stereocenters. The van der Waals surface area contributed by atoms with E-state index >= 15 is 0 Å². The minimum Gasteiger partial charge on any atom is -0.497 e. The maximum Gasteiger partial charge on any atom is 0.356 e. The minimum absolute atomic E-state index is 0.141. The number of anilines is 1. The molecule has 0 radical (unpaired) electrons. The van der Waals surface area contributed by atoms with Crippen LogP contribution in [0.25, 0.3) is 10.9 Å². The lowest BCUT2D eigenvalue weighted by Crippen LogP contribution is -2.42. The highest BCUT2D eigenvalue weighted by molar-refractivity contribution is 6.11. The highest BCUT2D eigenvalue weighted by Crippen LogP contribution is 2.31. The number of carbonyl (C=O) groups is 2. The Labute approximate surface area is 159 Å². The number of ether oxygens (including phenoxy) is 2. The smallest absolute Gasteiger partial charge is 0.356 e. The number of H-pyrrole nitrogens is 1. The number of piperidine rings is 1. The Bertz CT molecular complexity index is 835. The van der Waals surface area contributed by atoms with E-state index < -0.39 is 5.97 Å². The summed E-state index contributed by atoms with van der Waals surface area (Å²) in [5.41, 5.74) is 1.38. The first-order chi connectivity index (χ1) is 12.9. The summed E-state index contributed by atoms with van der Waals surface area (Å²) in [6, 6.07) is 5.39. The molecule has 1 saturated heterocycles. The van der Waals surface area contributed by atoms with Crippen molar-refractivity contribution in [1.29, 1.82) is 0 Å². The monoisotopic (exact) mass is 373 g/mol. The molecule has 0 saturated carbocycles. The van der Waals surface area contributed by atoms with Crippen LogP contribution < -0.4 is 10.1 Å². The number of rotatable bonds is 5. The molecular weight excluding hydrogens is 346 g/mol. The van der Waals surface area contributed by atoms with Crippen LogP contribution in [-0.4, -0.2) is 55.6 Å². The lowest BCUT2D eigenvalue weighted by Gasteiger charge is -2.34. The van der Waals surface area contributed by atoms with Crippen LogP contribution in [0.1, 0.15) is 30.8 Å². The molecular formula is C20H27N3O4. The first-order valence-corrected chi connectivity index (χ1v) is 9.21. The average Bonchev–Trinajstić information content (AvgIpc) is 2.97. The fourth-order valence-corrected chi connectivity index (χ4v) is 3.99. The molecule has 3 rings (SSSR count). The summed E-state index contributed by atoms with van der Waals surface area (Å²) in [6.45, 7) is 6.55. The Morgan fingerprint density at radius 3 is 2.56 bits per heavy atom. The minimum atomic E-state index is -0.527. The van der Waals surface area contributed by atoms with Crippen LogP contribution in [0.15, 0.2) is 18.2 Å². The molecule has 1 fully saturated rings. The van der Waals surface area contributed by atoms with E-state index in [0.29, 0.717) is 35.3 Å². The molecule has 7 heteroatoms. The summed E-state index contributed by atoms with van der Waals surface area (Å²) < 4.78 is 10.1. The maximum absolute atomic E-state index is 12.7. The molecule has 2 aromatic rings. The lowest BCUT2D eigenvalue weighted by molar-refractivity contribution is -0.117. The third kappa shape index (κ3) is 4.24. The van der Waals surface area contributed by atoms with Crippen molar-refractivity contribution in [2.75, 3.05) is 39.2 Å². The van der Waals surface area contributed by atoms with Crippen LogP contribution in [0, 0.1) is 11.8 Å². The maximum atomic E-state index is 12.7. The van der Waals surface area contributed by atoms with Crippen molar-refractivity contribution in [2.45, 2.75) is 20.3 Å². The molecule has 146 valence electrons. The number of nitrogens with one attached hydrogen (secondary N) is 2. The number of aromatic amines is 1. The van der Waals surface area contributed by atoms with Crippen molar-refractivity contribution >= 4 is 28.5 Å². The molecule has 1 aromatic carbocycles. The second-order valence-corrected chi connectivity index (χ2v) is 7.47. The summed E-state index contributed by atoms with van der Waals surface area (Å²) in [6.07, 6.45) is 1.19. The van der Waals surface area contributed by atoms with Gasteiger partial charge in [0.1, 0.15) is 11.4 Å². The largest absolute Gasteiger partial charge is 0.497 e. The van der Waals surface area contributed by atoms with Gasteiger partial charge in [-0.25, -0.2) is 4.79 Å². The molecule has 7 nitrogen and oxygen atoms in total. The highest BCUT2D eigenvalue weighted by atomic mass is 16.5. The lowest BCUT2D eigenvalue weighted by atomic mass is 9.92. The van der Waals surface area contributed by atoms with Crippen LogP contribution in [0.4, 0.5) is 5.69 Å². The second kappa shape index (κ2) is 8.00. The summed E-state index contributed by atoms with van der Waals surface area (Å²) >= 11 is 0. The van der Waals surface area contributed by atoms with Crippen molar-refractivity contribution in [3.8, 4) is 5.75 Å². The number of likely N-dealkylation sites (tertiary alicyclic amines) is 1. The number of benzene rings is 1. The van der Waals surface area contributed by atoms with Gasteiger partial charge in [-0.1, -0.05) is 13.8 Å². The summed E-state index contributed by atoms with van der Waals surface area (Å²) in [5.74, 6) is 1.15. The van der Waals surface area contributed by atoms with E-state index in [1.807, 2.05) is 6.07 Å². The summed E-state index contributed by atoms with van der Waals surface area (Å²) in [4.78, 5) is 30.0. The number of amides is 1. The molecule has 2 atom stereocenters. The van der Waals surface area contributed by atoms with Gasteiger partial charge in [0.05, 0.1) is 32.0 Å². The fraction of sp³-hybridized carbons (Fsp3) is 0.500. The first-order valence-electron chi connectivity index (χ1n) is 9.21. The van der Waals surface area contributed by atoms with Crippen LogP contribution in [0.5, 0.6) is 5.75 Å². The molecule has 0 spiro atoms. The Kier molecular flexibility index (Phi) is 5.70. The van der Waals surface area contributed by atoms with Crippen LogP contribution in [0.3, 0.4) is 0 Å². The number of methoxy groups -OCH3 is 2. The van der Waals surface area contributed by atoms with Crippen molar-refractivity contribution in [3.05, 3.63) is 23.9 Å². The number of carbonyl (C=O) groups excluding carboxylic acids is 2. The van der Waals surface area contributed by atoms with Crippen molar-refractivity contribution in [3.63, 3.8) is 0 Å². The van der Waals surface area contributed by atoms with Gasteiger partial charge < -0.3 is 19.8 Å². The van der Waals surface area contributed by atoms with E-state index in [1.165, 1.54) is 13.5 Å². The van der Waals surface area contributed by atoms with E-state index in [-0.39, 0.29) is 11.6 Å². The van der Waals surface area contributed by atoms with Gasteiger partial charge in [-0.05, 0) is 30.4 Å². The van der Waals surface area contributed by atoms with Crippen LogP contribution >= 0.6 is 0 Å². The third-order valence-corrected chi connectivity index (χ3v) is 4.97.